The lowest BCUT2D eigenvalue weighted by Crippen LogP contribution is -2.53. The van der Waals surface area contributed by atoms with E-state index >= 15 is 0 Å². The molecule has 0 N–H and O–H groups in total. The number of halogens is 1. The Morgan fingerprint density at radius 3 is 2.30 bits per heavy atom. The van der Waals surface area contributed by atoms with Gasteiger partial charge < -0.3 is 4.90 Å². The van der Waals surface area contributed by atoms with Gasteiger partial charge in [0.25, 0.3) is 10.2 Å². The van der Waals surface area contributed by atoms with Crippen molar-refractivity contribution in [3.8, 4) is 0 Å². The zero-order chi connectivity index (χ0) is 14.8. The van der Waals surface area contributed by atoms with Gasteiger partial charge in [-0.1, -0.05) is 6.42 Å². The molecule has 0 amide bonds. The van der Waals surface area contributed by atoms with Gasteiger partial charge in [-0.3, -0.25) is 0 Å². The minimum atomic E-state index is -3.36. The van der Waals surface area contributed by atoms with Gasteiger partial charge in [0.05, 0.1) is 0 Å². The average molecular weight is 324 g/mol. The van der Waals surface area contributed by atoms with E-state index in [1.807, 2.05) is 14.1 Å². The van der Waals surface area contributed by atoms with Crippen LogP contribution >= 0.6 is 11.6 Å². The molecular weight excluding hydrogens is 298 g/mol. The number of hydrogen-bond acceptors (Lipinski definition) is 3. The van der Waals surface area contributed by atoms with E-state index in [1.54, 1.807) is 8.61 Å². The number of piperidine rings is 1. The Labute approximate surface area is 128 Å². The quantitative estimate of drug-likeness (QED) is 0.717. The van der Waals surface area contributed by atoms with Crippen molar-refractivity contribution in [3.63, 3.8) is 0 Å². The monoisotopic (exact) mass is 323 g/mol. The fourth-order valence-corrected chi connectivity index (χ4v) is 5.78. The van der Waals surface area contributed by atoms with Crippen LogP contribution < -0.4 is 0 Å². The third kappa shape index (κ3) is 3.47. The Kier molecular flexibility index (Phi) is 5.71. The molecule has 7 heteroatoms. The van der Waals surface area contributed by atoms with Gasteiger partial charge in [0.2, 0.25) is 0 Å². The largest absolute Gasteiger partial charge is 0.308 e. The molecular formula is C13H26ClN3O2S. The molecule has 2 aliphatic rings. The van der Waals surface area contributed by atoms with E-state index in [-0.39, 0.29) is 12.1 Å². The minimum Gasteiger partial charge on any atom is -0.308 e. The maximum absolute atomic E-state index is 12.9. The lowest BCUT2D eigenvalue weighted by atomic mass is 10.1. The Hall–Kier alpha value is 0.120. The van der Waals surface area contributed by atoms with Crippen molar-refractivity contribution in [1.29, 1.82) is 0 Å². The van der Waals surface area contributed by atoms with Crippen molar-refractivity contribution in [2.24, 2.45) is 0 Å². The summed E-state index contributed by atoms with van der Waals surface area (Å²) in [5.41, 5.74) is 0. The molecule has 2 rings (SSSR count). The van der Waals surface area contributed by atoms with Crippen LogP contribution in [0.15, 0.2) is 0 Å². The maximum atomic E-state index is 12.9. The highest BCUT2D eigenvalue weighted by atomic mass is 35.5. The van der Waals surface area contributed by atoms with E-state index < -0.39 is 10.2 Å². The number of alkyl halides is 1. The van der Waals surface area contributed by atoms with E-state index in [1.165, 1.54) is 0 Å². The predicted octanol–water partition coefficient (Wildman–Crippen LogP) is 1.35. The second-order valence-electron chi connectivity index (χ2n) is 6.09. The van der Waals surface area contributed by atoms with Crippen LogP contribution in [0.2, 0.25) is 0 Å². The second kappa shape index (κ2) is 6.92. The molecule has 118 valence electrons. The Bertz CT molecular complexity index is 416. The summed E-state index contributed by atoms with van der Waals surface area (Å²) in [5, 5.41) is 0. The van der Waals surface area contributed by atoms with Gasteiger partial charge in [-0.15, -0.1) is 11.6 Å². The van der Waals surface area contributed by atoms with Gasteiger partial charge in [-0.2, -0.15) is 17.0 Å². The van der Waals surface area contributed by atoms with E-state index in [9.17, 15) is 8.42 Å². The van der Waals surface area contributed by atoms with Crippen LogP contribution in [0.5, 0.6) is 0 Å². The normalized spacial score (nSPS) is 30.2. The van der Waals surface area contributed by atoms with Gasteiger partial charge >= 0.3 is 0 Å². The zero-order valence-corrected chi connectivity index (χ0v) is 14.0. The van der Waals surface area contributed by atoms with Gasteiger partial charge in [0, 0.05) is 37.6 Å². The van der Waals surface area contributed by atoms with E-state index in [0.29, 0.717) is 19.0 Å². The summed E-state index contributed by atoms with van der Waals surface area (Å²) in [6.45, 7) is 2.05. The Morgan fingerprint density at radius 2 is 1.65 bits per heavy atom. The number of hydrogen-bond donors (Lipinski definition) is 0. The molecule has 0 aromatic heterocycles. The molecule has 2 saturated heterocycles. The van der Waals surface area contributed by atoms with Gasteiger partial charge in [-0.25, -0.2) is 0 Å². The van der Waals surface area contributed by atoms with Crippen LogP contribution in [0.1, 0.15) is 32.1 Å². The molecule has 2 heterocycles. The average Bonchev–Trinajstić information content (AvgIpc) is 2.86. The number of rotatable bonds is 5. The van der Waals surface area contributed by atoms with Crippen molar-refractivity contribution >= 4 is 21.8 Å². The molecule has 0 spiro atoms. The highest BCUT2D eigenvalue weighted by Gasteiger charge is 2.41. The summed E-state index contributed by atoms with van der Waals surface area (Å²) in [6, 6.07) is 0.0731. The van der Waals surface area contributed by atoms with Crippen LogP contribution in [0.3, 0.4) is 0 Å². The standard InChI is InChI=1S/C13H26ClN3O2S/c1-15(2)11-13-7-5-9-17(13)20(18,19)16-8-4-3-6-12(16)10-14/h12-13H,3-11H2,1-2H3. The third-order valence-corrected chi connectivity index (χ3v) is 6.75. The summed E-state index contributed by atoms with van der Waals surface area (Å²) in [7, 11) is 0.621. The molecule has 2 unspecified atom stereocenters. The van der Waals surface area contributed by atoms with E-state index in [2.05, 4.69) is 4.90 Å². The van der Waals surface area contributed by atoms with Gasteiger partial charge in [0.1, 0.15) is 0 Å². The lowest BCUT2D eigenvalue weighted by Gasteiger charge is -2.38. The minimum absolute atomic E-state index is 0.0315. The predicted molar refractivity (Wildman–Crippen MR) is 82.3 cm³/mol. The van der Waals surface area contributed by atoms with E-state index in [0.717, 1.165) is 38.6 Å². The summed E-state index contributed by atoms with van der Waals surface area (Å²) < 4.78 is 29.2. The van der Waals surface area contributed by atoms with Crippen molar-refractivity contribution in [3.05, 3.63) is 0 Å². The van der Waals surface area contributed by atoms with Crippen molar-refractivity contribution in [1.82, 2.24) is 13.5 Å². The molecule has 2 fully saturated rings. The zero-order valence-electron chi connectivity index (χ0n) is 12.5. The fraction of sp³-hybridized carbons (Fsp3) is 1.00. The summed E-state index contributed by atoms with van der Waals surface area (Å²) in [5.74, 6) is 0.394. The molecule has 2 atom stereocenters. The third-order valence-electron chi connectivity index (χ3n) is 4.24. The molecule has 2 aliphatic heterocycles. The summed E-state index contributed by atoms with van der Waals surface area (Å²) in [4.78, 5) is 2.06. The fourth-order valence-electron chi connectivity index (χ4n) is 3.28. The lowest BCUT2D eigenvalue weighted by molar-refractivity contribution is 0.229. The molecule has 20 heavy (non-hydrogen) atoms. The van der Waals surface area contributed by atoms with Crippen molar-refractivity contribution in [2.75, 3.05) is 39.6 Å². The molecule has 0 aromatic carbocycles. The van der Waals surface area contributed by atoms with Crippen molar-refractivity contribution in [2.45, 2.75) is 44.2 Å². The number of likely N-dealkylation sites (N-methyl/N-ethyl adjacent to an activating group) is 1. The second-order valence-corrected chi connectivity index (χ2v) is 8.23. The van der Waals surface area contributed by atoms with Crippen molar-refractivity contribution < 1.29 is 8.42 Å². The molecule has 5 nitrogen and oxygen atoms in total. The van der Waals surface area contributed by atoms with E-state index in [4.69, 9.17) is 11.6 Å². The molecule has 0 aromatic rings. The Morgan fingerprint density at radius 1 is 1.05 bits per heavy atom. The smallest absolute Gasteiger partial charge is 0.282 e. The van der Waals surface area contributed by atoms with Gasteiger partial charge in [0.15, 0.2) is 0 Å². The molecule has 0 bridgehead atoms. The van der Waals surface area contributed by atoms with Crippen LogP contribution in [0.4, 0.5) is 0 Å². The van der Waals surface area contributed by atoms with Crippen LogP contribution in [-0.2, 0) is 10.2 Å². The van der Waals surface area contributed by atoms with Crippen LogP contribution in [0, 0.1) is 0 Å². The first-order chi connectivity index (χ1) is 9.46. The molecule has 0 saturated carbocycles. The first-order valence-corrected chi connectivity index (χ1v) is 9.39. The number of nitrogens with zero attached hydrogens (tertiary/aromatic N) is 3. The Balaban J connectivity index is 2.15. The summed E-state index contributed by atoms with van der Waals surface area (Å²) in [6.07, 6.45) is 4.81. The van der Waals surface area contributed by atoms with Crippen LogP contribution in [0.25, 0.3) is 0 Å². The highest BCUT2D eigenvalue weighted by Crippen LogP contribution is 2.28. The van der Waals surface area contributed by atoms with Gasteiger partial charge in [-0.05, 0) is 39.8 Å². The summed E-state index contributed by atoms with van der Waals surface area (Å²) >= 11 is 5.98. The SMILES string of the molecule is CN(C)CC1CCCN1S(=O)(=O)N1CCCCC1CCl. The first kappa shape index (κ1) is 16.5. The topological polar surface area (TPSA) is 43.9 Å². The van der Waals surface area contributed by atoms with Crippen LogP contribution in [-0.4, -0.2) is 73.6 Å². The maximum Gasteiger partial charge on any atom is 0.282 e. The highest BCUT2D eigenvalue weighted by molar-refractivity contribution is 7.86. The molecule has 0 aliphatic carbocycles. The molecule has 0 radical (unpaired) electrons. The first-order valence-electron chi connectivity index (χ1n) is 7.46.